The van der Waals surface area contributed by atoms with Gasteiger partial charge in [-0.05, 0) is 37.6 Å². The summed E-state index contributed by atoms with van der Waals surface area (Å²) in [6.07, 6.45) is 2.47. The summed E-state index contributed by atoms with van der Waals surface area (Å²) in [7, 11) is 2.03. The first-order valence-electron chi connectivity index (χ1n) is 5.85. The van der Waals surface area contributed by atoms with Gasteiger partial charge in [-0.2, -0.15) is 5.26 Å². The number of benzene rings is 1. The Balaban J connectivity index is 2.08. The van der Waals surface area contributed by atoms with Crippen LogP contribution in [0.15, 0.2) is 18.2 Å². The van der Waals surface area contributed by atoms with E-state index < -0.39 is 0 Å². The van der Waals surface area contributed by atoms with Gasteiger partial charge >= 0.3 is 0 Å². The summed E-state index contributed by atoms with van der Waals surface area (Å²) in [5, 5.41) is 12.9. The molecule has 0 amide bonds. The van der Waals surface area contributed by atoms with Crippen molar-refractivity contribution >= 4 is 17.3 Å². The summed E-state index contributed by atoms with van der Waals surface area (Å²) >= 11 is 6.18. The highest BCUT2D eigenvalue weighted by molar-refractivity contribution is 6.33. The van der Waals surface area contributed by atoms with Crippen LogP contribution >= 0.6 is 11.6 Å². The summed E-state index contributed by atoms with van der Waals surface area (Å²) in [5.41, 5.74) is 1.59. The number of halogens is 1. The molecule has 1 fully saturated rings. The van der Waals surface area contributed by atoms with Crippen molar-refractivity contribution in [2.24, 2.45) is 0 Å². The molecule has 17 heavy (non-hydrogen) atoms. The van der Waals surface area contributed by atoms with Gasteiger partial charge in [0.25, 0.3) is 0 Å². The van der Waals surface area contributed by atoms with Crippen molar-refractivity contribution in [2.75, 3.05) is 25.0 Å². The van der Waals surface area contributed by atoms with Crippen LogP contribution < -0.4 is 10.2 Å². The second kappa shape index (κ2) is 5.39. The van der Waals surface area contributed by atoms with E-state index in [0.717, 1.165) is 18.8 Å². The van der Waals surface area contributed by atoms with Crippen molar-refractivity contribution in [1.82, 2.24) is 5.32 Å². The molecule has 0 saturated carbocycles. The molecule has 0 aliphatic carbocycles. The van der Waals surface area contributed by atoms with Gasteiger partial charge in [-0.25, -0.2) is 0 Å². The van der Waals surface area contributed by atoms with E-state index in [2.05, 4.69) is 16.3 Å². The zero-order chi connectivity index (χ0) is 12.3. The average molecular weight is 250 g/mol. The van der Waals surface area contributed by atoms with Gasteiger partial charge in [0.05, 0.1) is 22.3 Å². The van der Waals surface area contributed by atoms with E-state index in [0.29, 0.717) is 16.6 Å². The summed E-state index contributed by atoms with van der Waals surface area (Å²) in [5.74, 6) is 0. The van der Waals surface area contributed by atoms with E-state index >= 15 is 0 Å². The molecule has 0 spiro atoms. The number of hydrogen-bond donors (Lipinski definition) is 1. The molecule has 1 heterocycles. The fourth-order valence-electron chi connectivity index (χ4n) is 2.23. The highest BCUT2D eigenvalue weighted by Crippen LogP contribution is 2.26. The Kier molecular flexibility index (Phi) is 3.88. The van der Waals surface area contributed by atoms with Crippen molar-refractivity contribution in [1.29, 1.82) is 5.26 Å². The third-order valence-corrected chi connectivity index (χ3v) is 3.45. The molecule has 3 nitrogen and oxygen atoms in total. The van der Waals surface area contributed by atoms with Gasteiger partial charge in [0.15, 0.2) is 0 Å². The smallest absolute Gasteiger partial charge is 0.0992 e. The van der Waals surface area contributed by atoms with Crippen molar-refractivity contribution in [2.45, 2.75) is 18.9 Å². The minimum atomic E-state index is 0.548. The number of likely N-dealkylation sites (N-methyl/N-ethyl adjacent to an activating group) is 1. The fraction of sp³-hybridized carbons (Fsp3) is 0.462. The second-order valence-corrected chi connectivity index (χ2v) is 4.86. The molecular weight excluding hydrogens is 234 g/mol. The van der Waals surface area contributed by atoms with Crippen LogP contribution in [0.3, 0.4) is 0 Å². The predicted molar refractivity (Wildman–Crippen MR) is 70.5 cm³/mol. The second-order valence-electron chi connectivity index (χ2n) is 4.45. The Morgan fingerprint density at radius 3 is 3.00 bits per heavy atom. The van der Waals surface area contributed by atoms with Gasteiger partial charge in [0, 0.05) is 19.6 Å². The summed E-state index contributed by atoms with van der Waals surface area (Å²) in [4.78, 5) is 2.15. The quantitative estimate of drug-likeness (QED) is 0.894. The molecule has 1 aliphatic heterocycles. The summed E-state index contributed by atoms with van der Waals surface area (Å²) in [6, 6.07) is 8.08. The Labute approximate surface area is 107 Å². The van der Waals surface area contributed by atoms with E-state index in [1.54, 1.807) is 12.1 Å². The molecule has 1 aromatic rings. The van der Waals surface area contributed by atoms with Gasteiger partial charge in [0.2, 0.25) is 0 Å². The standard InChI is InChI=1S/C13H16ClN3/c1-17(9-11-3-2-6-16-11)13-5-4-10(8-15)7-12(13)14/h4-5,7,11,16H,2-3,6,9H2,1H3. The number of hydrogen-bond acceptors (Lipinski definition) is 3. The van der Waals surface area contributed by atoms with Crippen molar-refractivity contribution in [3.63, 3.8) is 0 Å². The largest absolute Gasteiger partial charge is 0.372 e. The van der Waals surface area contributed by atoms with Gasteiger partial charge in [0.1, 0.15) is 0 Å². The zero-order valence-electron chi connectivity index (χ0n) is 9.91. The average Bonchev–Trinajstić information content (AvgIpc) is 2.81. The predicted octanol–water partition coefficient (Wildman–Crippen LogP) is 2.40. The number of anilines is 1. The summed E-state index contributed by atoms with van der Waals surface area (Å²) < 4.78 is 0. The molecule has 1 aliphatic rings. The number of nitrogens with zero attached hydrogens (tertiary/aromatic N) is 2. The Hall–Kier alpha value is -1.24. The van der Waals surface area contributed by atoms with E-state index in [-0.39, 0.29) is 0 Å². The molecule has 0 bridgehead atoms. The molecular formula is C13H16ClN3. The maximum atomic E-state index is 8.79. The first-order valence-corrected chi connectivity index (χ1v) is 6.22. The van der Waals surface area contributed by atoms with Crippen LogP contribution in [0, 0.1) is 11.3 Å². The Bertz CT molecular complexity index is 433. The first-order chi connectivity index (χ1) is 8.20. The molecule has 4 heteroatoms. The normalized spacial score (nSPS) is 19.0. The number of rotatable bonds is 3. The molecule has 90 valence electrons. The third-order valence-electron chi connectivity index (χ3n) is 3.14. The Morgan fingerprint density at radius 2 is 2.41 bits per heavy atom. The van der Waals surface area contributed by atoms with Crippen molar-refractivity contribution in [3.05, 3.63) is 28.8 Å². The molecule has 1 atom stereocenters. The molecule has 1 aromatic carbocycles. The van der Waals surface area contributed by atoms with Crippen LogP contribution in [0.5, 0.6) is 0 Å². The Morgan fingerprint density at radius 1 is 1.59 bits per heavy atom. The van der Waals surface area contributed by atoms with Gasteiger partial charge in [-0.15, -0.1) is 0 Å². The maximum absolute atomic E-state index is 8.79. The first kappa shape index (κ1) is 12.2. The third kappa shape index (κ3) is 2.91. The highest BCUT2D eigenvalue weighted by atomic mass is 35.5. The minimum Gasteiger partial charge on any atom is -0.372 e. The monoisotopic (exact) mass is 249 g/mol. The fourth-order valence-corrected chi connectivity index (χ4v) is 2.55. The lowest BCUT2D eigenvalue weighted by atomic mass is 10.2. The van der Waals surface area contributed by atoms with Crippen LogP contribution in [-0.2, 0) is 0 Å². The lowest BCUT2D eigenvalue weighted by molar-refractivity contribution is 0.600. The van der Waals surface area contributed by atoms with Crippen LogP contribution in [0.2, 0.25) is 5.02 Å². The minimum absolute atomic E-state index is 0.548. The van der Waals surface area contributed by atoms with E-state index in [1.807, 2.05) is 13.1 Å². The van der Waals surface area contributed by atoms with E-state index in [4.69, 9.17) is 16.9 Å². The molecule has 1 saturated heterocycles. The maximum Gasteiger partial charge on any atom is 0.0992 e. The summed E-state index contributed by atoms with van der Waals surface area (Å²) in [6.45, 7) is 2.06. The SMILES string of the molecule is CN(CC1CCCN1)c1ccc(C#N)cc1Cl. The van der Waals surface area contributed by atoms with Crippen LogP contribution in [-0.4, -0.2) is 26.2 Å². The molecule has 2 rings (SSSR count). The highest BCUT2D eigenvalue weighted by Gasteiger charge is 2.17. The van der Waals surface area contributed by atoms with Crippen molar-refractivity contribution < 1.29 is 0 Å². The zero-order valence-corrected chi connectivity index (χ0v) is 10.7. The van der Waals surface area contributed by atoms with Crippen LogP contribution in [0.4, 0.5) is 5.69 Å². The van der Waals surface area contributed by atoms with Gasteiger partial charge < -0.3 is 10.2 Å². The molecule has 0 aromatic heterocycles. The number of nitriles is 1. The van der Waals surface area contributed by atoms with Gasteiger partial charge in [-0.3, -0.25) is 0 Å². The number of nitrogens with one attached hydrogen (secondary N) is 1. The molecule has 0 radical (unpaired) electrons. The van der Waals surface area contributed by atoms with Crippen LogP contribution in [0.1, 0.15) is 18.4 Å². The molecule has 1 unspecified atom stereocenters. The molecule has 1 N–H and O–H groups in total. The van der Waals surface area contributed by atoms with Crippen LogP contribution in [0.25, 0.3) is 0 Å². The lowest BCUT2D eigenvalue weighted by Gasteiger charge is -2.24. The lowest BCUT2D eigenvalue weighted by Crippen LogP contribution is -2.35. The van der Waals surface area contributed by atoms with E-state index in [1.165, 1.54) is 12.8 Å². The van der Waals surface area contributed by atoms with Gasteiger partial charge in [-0.1, -0.05) is 11.6 Å². The van der Waals surface area contributed by atoms with Crippen molar-refractivity contribution in [3.8, 4) is 6.07 Å². The topological polar surface area (TPSA) is 39.1 Å². The van der Waals surface area contributed by atoms with E-state index in [9.17, 15) is 0 Å².